The Labute approximate surface area is 253 Å². The van der Waals surface area contributed by atoms with E-state index in [4.69, 9.17) is 21.4 Å². The van der Waals surface area contributed by atoms with Crippen molar-refractivity contribution in [1.82, 2.24) is 14.8 Å². The van der Waals surface area contributed by atoms with Crippen LogP contribution in [0.5, 0.6) is 0 Å². The fourth-order valence-corrected chi connectivity index (χ4v) is 5.79. The van der Waals surface area contributed by atoms with Gasteiger partial charge in [0.2, 0.25) is 11.1 Å². The highest BCUT2D eigenvalue weighted by Gasteiger charge is 2.34. The van der Waals surface area contributed by atoms with Crippen molar-refractivity contribution in [3.8, 4) is 0 Å². The van der Waals surface area contributed by atoms with Crippen LogP contribution in [0.1, 0.15) is 41.4 Å². The summed E-state index contributed by atoms with van der Waals surface area (Å²) in [5.41, 5.74) is 3.13. The van der Waals surface area contributed by atoms with Gasteiger partial charge in [0.1, 0.15) is 11.9 Å². The van der Waals surface area contributed by atoms with Gasteiger partial charge in [-0.1, -0.05) is 57.5 Å². The summed E-state index contributed by atoms with van der Waals surface area (Å²) in [5.74, 6) is -0.487. The SMILES string of the molecule is CCOC(=O)c1ccc(NC(=O)C2=C(C)Nc3nc(SCc4c(F)cccc4Cl)nn3C2c2ccc(Br)cc2)cc1. The van der Waals surface area contributed by atoms with Crippen LogP contribution in [0.4, 0.5) is 16.0 Å². The van der Waals surface area contributed by atoms with Crippen LogP contribution >= 0.6 is 39.3 Å². The summed E-state index contributed by atoms with van der Waals surface area (Å²) >= 11 is 10.9. The number of ether oxygens (including phenoxy) is 1. The predicted octanol–water partition coefficient (Wildman–Crippen LogP) is 7.23. The molecule has 0 fully saturated rings. The monoisotopic (exact) mass is 655 g/mol. The summed E-state index contributed by atoms with van der Waals surface area (Å²) < 4.78 is 21.9. The Bertz CT molecular complexity index is 1620. The van der Waals surface area contributed by atoms with Gasteiger partial charge in [0, 0.05) is 32.2 Å². The van der Waals surface area contributed by atoms with Crippen LogP contribution in [0, 0.1) is 5.82 Å². The molecule has 0 saturated heterocycles. The van der Waals surface area contributed by atoms with Crippen LogP contribution in [0.25, 0.3) is 0 Å². The zero-order valence-corrected chi connectivity index (χ0v) is 25.1. The van der Waals surface area contributed by atoms with Crippen LogP contribution < -0.4 is 10.6 Å². The fourth-order valence-electron chi connectivity index (χ4n) is 4.35. The third-order valence-corrected chi connectivity index (χ3v) is 8.07. The van der Waals surface area contributed by atoms with Crippen LogP contribution in [-0.4, -0.2) is 33.2 Å². The molecule has 210 valence electrons. The molecule has 1 amide bonds. The highest BCUT2D eigenvalue weighted by molar-refractivity contribution is 9.10. The second-order valence-corrected chi connectivity index (χ2v) is 11.3. The molecule has 0 bridgehead atoms. The maximum atomic E-state index is 14.3. The molecule has 1 aromatic heterocycles. The zero-order valence-electron chi connectivity index (χ0n) is 22.0. The molecular formula is C29H24BrClFN5O3S. The van der Waals surface area contributed by atoms with Gasteiger partial charge in [-0.05, 0) is 67.9 Å². The normalized spacial score (nSPS) is 14.3. The summed E-state index contributed by atoms with van der Waals surface area (Å²) in [5, 5.41) is 11.5. The minimum Gasteiger partial charge on any atom is -0.462 e. The highest BCUT2D eigenvalue weighted by atomic mass is 79.9. The van der Waals surface area contributed by atoms with E-state index in [2.05, 4.69) is 31.5 Å². The summed E-state index contributed by atoms with van der Waals surface area (Å²) in [6.45, 7) is 3.81. The van der Waals surface area contributed by atoms with Gasteiger partial charge in [0.15, 0.2) is 0 Å². The quantitative estimate of drug-likeness (QED) is 0.153. The van der Waals surface area contributed by atoms with E-state index in [0.29, 0.717) is 44.2 Å². The number of aromatic nitrogens is 3. The van der Waals surface area contributed by atoms with E-state index in [0.717, 1.165) is 10.0 Å². The van der Waals surface area contributed by atoms with Crippen LogP contribution in [0.15, 0.2) is 87.6 Å². The smallest absolute Gasteiger partial charge is 0.338 e. The van der Waals surface area contributed by atoms with Crippen LogP contribution in [0.2, 0.25) is 5.02 Å². The van der Waals surface area contributed by atoms with Crippen molar-refractivity contribution >= 4 is 62.8 Å². The Morgan fingerprint density at radius 3 is 2.56 bits per heavy atom. The lowest BCUT2D eigenvalue weighted by Gasteiger charge is -2.28. The highest BCUT2D eigenvalue weighted by Crippen LogP contribution is 2.38. The number of nitrogens with one attached hydrogen (secondary N) is 2. The van der Waals surface area contributed by atoms with Crippen molar-refractivity contribution in [3.63, 3.8) is 0 Å². The molecule has 2 heterocycles. The van der Waals surface area contributed by atoms with Crippen molar-refractivity contribution in [2.45, 2.75) is 30.8 Å². The number of nitrogens with zero attached hydrogens (tertiary/aromatic N) is 3. The number of fused-ring (bicyclic) bond motifs is 1. The minimum atomic E-state index is -0.600. The van der Waals surface area contributed by atoms with E-state index in [1.54, 1.807) is 54.9 Å². The molecule has 0 spiro atoms. The minimum absolute atomic E-state index is 0.236. The number of carbonyl (C=O) groups is 2. The third kappa shape index (κ3) is 6.32. The lowest BCUT2D eigenvalue weighted by atomic mass is 9.95. The van der Waals surface area contributed by atoms with Gasteiger partial charge in [0.25, 0.3) is 5.91 Å². The average molecular weight is 657 g/mol. The Hall–Kier alpha value is -3.67. The first-order valence-electron chi connectivity index (χ1n) is 12.6. The van der Waals surface area contributed by atoms with Crippen molar-refractivity contribution in [1.29, 1.82) is 0 Å². The van der Waals surface area contributed by atoms with Gasteiger partial charge in [-0.3, -0.25) is 4.79 Å². The number of thioether (sulfide) groups is 1. The molecule has 12 heteroatoms. The molecule has 8 nitrogen and oxygen atoms in total. The zero-order chi connectivity index (χ0) is 29.1. The van der Waals surface area contributed by atoms with Gasteiger partial charge in [-0.2, -0.15) is 4.98 Å². The van der Waals surface area contributed by atoms with Gasteiger partial charge in [-0.15, -0.1) is 5.10 Å². The first-order chi connectivity index (χ1) is 19.7. The van der Waals surface area contributed by atoms with E-state index in [1.165, 1.54) is 17.8 Å². The van der Waals surface area contributed by atoms with E-state index in [1.807, 2.05) is 24.3 Å². The number of benzene rings is 3. The molecule has 4 aromatic rings. The van der Waals surface area contributed by atoms with Crippen molar-refractivity contribution in [2.24, 2.45) is 0 Å². The number of amides is 1. The standard InChI is InChI=1S/C29H24BrClFN5O3S/c1-3-40-27(39)18-9-13-20(14-10-18)34-26(38)24-16(2)33-28-35-29(41-15-21-22(31)5-4-6-23(21)32)36-37(28)25(24)17-7-11-19(30)12-8-17/h4-14,25H,3,15H2,1-2H3,(H,34,38)(H,33,35,36). The summed E-state index contributed by atoms with van der Waals surface area (Å²) in [6.07, 6.45) is 0. The molecule has 3 aromatic carbocycles. The Morgan fingerprint density at radius 1 is 1.15 bits per heavy atom. The molecule has 41 heavy (non-hydrogen) atoms. The van der Waals surface area contributed by atoms with Gasteiger partial charge < -0.3 is 15.4 Å². The Balaban J connectivity index is 1.44. The second kappa shape index (κ2) is 12.5. The average Bonchev–Trinajstić information content (AvgIpc) is 3.35. The second-order valence-electron chi connectivity index (χ2n) is 9.02. The van der Waals surface area contributed by atoms with Crippen LogP contribution in [-0.2, 0) is 15.3 Å². The maximum absolute atomic E-state index is 14.3. The molecule has 0 aliphatic carbocycles. The molecule has 1 aliphatic heterocycles. The number of carbonyl (C=O) groups excluding carboxylic acids is 2. The molecule has 1 unspecified atom stereocenters. The van der Waals surface area contributed by atoms with E-state index in [-0.39, 0.29) is 18.3 Å². The molecule has 0 radical (unpaired) electrons. The third-order valence-electron chi connectivity index (χ3n) is 6.32. The number of hydrogen-bond donors (Lipinski definition) is 2. The van der Waals surface area contributed by atoms with Crippen molar-refractivity contribution < 1.29 is 18.7 Å². The molecule has 1 aliphatic rings. The number of rotatable bonds is 8. The van der Waals surface area contributed by atoms with Crippen molar-refractivity contribution in [2.75, 3.05) is 17.2 Å². The number of hydrogen-bond acceptors (Lipinski definition) is 7. The first kappa shape index (κ1) is 28.8. The molecule has 0 saturated carbocycles. The topological polar surface area (TPSA) is 98.1 Å². The van der Waals surface area contributed by atoms with E-state index < -0.39 is 17.8 Å². The van der Waals surface area contributed by atoms with Crippen LogP contribution in [0.3, 0.4) is 0 Å². The predicted molar refractivity (Wildman–Crippen MR) is 161 cm³/mol. The number of allylic oxidation sites excluding steroid dienone is 1. The van der Waals surface area contributed by atoms with E-state index in [9.17, 15) is 14.0 Å². The molecule has 2 N–H and O–H groups in total. The Kier molecular flexibility index (Phi) is 8.77. The largest absolute Gasteiger partial charge is 0.462 e. The molecule has 1 atom stereocenters. The number of halogens is 3. The summed E-state index contributed by atoms with van der Waals surface area (Å²) in [6, 6.07) is 18.1. The lowest BCUT2D eigenvalue weighted by Crippen LogP contribution is -2.31. The lowest BCUT2D eigenvalue weighted by molar-refractivity contribution is -0.113. The fraction of sp³-hybridized carbons (Fsp3) is 0.172. The van der Waals surface area contributed by atoms with Gasteiger partial charge in [0.05, 0.1) is 17.7 Å². The number of anilines is 2. The van der Waals surface area contributed by atoms with E-state index >= 15 is 0 Å². The summed E-state index contributed by atoms with van der Waals surface area (Å²) in [7, 11) is 0. The molecule has 5 rings (SSSR count). The Morgan fingerprint density at radius 2 is 1.88 bits per heavy atom. The van der Waals surface area contributed by atoms with Gasteiger partial charge in [-0.25, -0.2) is 13.9 Å². The van der Waals surface area contributed by atoms with Crippen molar-refractivity contribution in [3.05, 3.63) is 110 Å². The first-order valence-corrected chi connectivity index (χ1v) is 14.7. The van der Waals surface area contributed by atoms with Gasteiger partial charge >= 0.3 is 5.97 Å². The molecular weight excluding hydrogens is 633 g/mol. The number of esters is 1. The summed E-state index contributed by atoms with van der Waals surface area (Å²) in [4.78, 5) is 30.3. The maximum Gasteiger partial charge on any atom is 0.338 e.